The predicted octanol–water partition coefficient (Wildman–Crippen LogP) is 3.12. The van der Waals surface area contributed by atoms with Gasteiger partial charge in [-0.2, -0.15) is 0 Å². The Morgan fingerprint density at radius 2 is 2.00 bits per heavy atom. The molecule has 0 bridgehead atoms. The number of alkyl halides is 1. The second kappa shape index (κ2) is 8.92. The van der Waals surface area contributed by atoms with Crippen LogP contribution in [0.2, 0.25) is 0 Å². The van der Waals surface area contributed by atoms with Gasteiger partial charge in [-0.25, -0.2) is 0 Å². The van der Waals surface area contributed by atoms with Crippen molar-refractivity contribution in [3.05, 3.63) is 0 Å². The standard InChI is InChI=1S/C13H26BrNO2/c1-5-6-11(7-8-14)9-15-12(16)10-17-13(2,3)4/h11H,5-10H2,1-4H3,(H,15,16). The minimum absolute atomic E-state index is 0.0180. The number of carbonyl (C=O) groups is 1. The van der Waals surface area contributed by atoms with Crippen molar-refractivity contribution < 1.29 is 9.53 Å². The lowest BCUT2D eigenvalue weighted by Crippen LogP contribution is -2.35. The molecule has 0 aromatic heterocycles. The lowest BCUT2D eigenvalue weighted by Gasteiger charge is -2.20. The van der Waals surface area contributed by atoms with Gasteiger partial charge in [-0.3, -0.25) is 4.79 Å². The van der Waals surface area contributed by atoms with Gasteiger partial charge in [-0.15, -0.1) is 0 Å². The largest absolute Gasteiger partial charge is 0.366 e. The normalized spacial score (nSPS) is 13.5. The number of ether oxygens (including phenoxy) is 1. The minimum Gasteiger partial charge on any atom is -0.366 e. The van der Waals surface area contributed by atoms with Gasteiger partial charge in [0.25, 0.3) is 0 Å². The van der Waals surface area contributed by atoms with Crippen LogP contribution in [-0.4, -0.2) is 30.0 Å². The van der Waals surface area contributed by atoms with Gasteiger partial charge in [-0.05, 0) is 39.5 Å². The summed E-state index contributed by atoms with van der Waals surface area (Å²) < 4.78 is 5.42. The zero-order valence-corrected chi connectivity index (χ0v) is 13.1. The van der Waals surface area contributed by atoms with E-state index < -0.39 is 0 Å². The van der Waals surface area contributed by atoms with Gasteiger partial charge in [0.05, 0.1) is 5.60 Å². The SMILES string of the molecule is CCCC(CCBr)CNC(=O)COC(C)(C)C. The van der Waals surface area contributed by atoms with Crippen LogP contribution in [0.1, 0.15) is 47.0 Å². The van der Waals surface area contributed by atoms with Crippen molar-refractivity contribution in [1.82, 2.24) is 5.32 Å². The number of hydrogen-bond acceptors (Lipinski definition) is 2. The fraction of sp³-hybridized carbons (Fsp3) is 0.923. The molecule has 1 N–H and O–H groups in total. The molecule has 0 saturated heterocycles. The molecule has 3 nitrogen and oxygen atoms in total. The molecular weight excluding hydrogens is 282 g/mol. The molecule has 102 valence electrons. The van der Waals surface area contributed by atoms with Crippen molar-refractivity contribution in [3.63, 3.8) is 0 Å². The second-order valence-electron chi connectivity index (χ2n) is 5.34. The number of halogens is 1. The summed E-state index contributed by atoms with van der Waals surface area (Å²) in [7, 11) is 0. The van der Waals surface area contributed by atoms with Gasteiger partial charge in [-0.1, -0.05) is 29.3 Å². The molecule has 0 saturated carbocycles. The second-order valence-corrected chi connectivity index (χ2v) is 6.13. The Hall–Kier alpha value is -0.0900. The third-order valence-electron chi connectivity index (χ3n) is 2.44. The molecule has 0 aliphatic heterocycles. The number of rotatable bonds is 8. The first-order valence-electron chi connectivity index (χ1n) is 6.35. The molecule has 0 radical (unpaired) electrons. The van der Waals surface area contributed by atoms with Gasteiger partial charge >= 0.3 is 0 Å². The van der Waals surface area contributed by atoms with E-state index >= 15 is 0 Å². The summed E-state index contributed by atoms with van der Waals surface area (Å²) in [4.78, 5) is 11.6. The lowest BCUT2D eigenvalue weighted by molar-refractivity contribution is -0.130. The lowest BCUT2D eigenvalue weighted by atomic mass is 10.0. The van der Waals surface area contributed by atoms with Crippen LogP contribution in [0.3, 0.4) is 0 Å². The summed E-state index contributed by atoms with van der Waals surface area (Å²) in [5, 5.41) is 3.93. The Kier molecular flexibility index (Phi) is 8.88. The minimum atomic E-state index is -0.254. The van der Waals surface area contributed by atoms with Gasteiger partial charge in [0.2, 0.25) is 5.91 Å². The predicted molar refractivity (Wildman–Crippen MR) is 75.5 cm³/mol. The van der Waals surface area contributed by atoms with Crippen molar-refractivity contribution in [2.45, 2.75) is 52.6 Å². The van der Waals surface area contributed by atoms with Crippen LogP contribution in [0.25, 0.3) is 0 Å². The highest BCUT2D eigenvalue weighted by Gasteiger charge is 2.14. The highest BCUT2D eigenvalue weighted by atomic mass is 79.9. The van der Waals surface area contributed by atoms with E-state index in [1.54, 1.807) is 0 Å². The maximum absolute atomic E-state index is 11.6. The van der Waals surface area contributed by atoms with E-state index in [4.69, 9.17) is 4.74 Å². The van der Waals surface area contributed by atoms with Crippen LogP contribution in [0.5, 0.6) is 0 Å². The Bertz CT molecular complexity index is 208. The molecule has 0 aliphatic carbocycles. The number of amides is 1. The van der Waals surface area contributed by atoms with E-state index in [1.807, 2.05) is 20.8 Å². The third-order valence-corrected chi connectivity index (χ3v) is 2.90. The molecule has 0 aliphatic rings. The molecule has 0 spiro atoms. The molecule has 0 aromatic rings. The van der Waals surface area contributed by atoms with Crippen molar-refractivity contribution in [1.29, 1.82) is 0 Å². The van der Waals surface area contributed by atoms with E-state index in [-0.39, 0.29) is 18.1 Å². The molecule has 17 heavy (non-hydrogen) atoms. The Morgan fingerprint density at radius 3 is 2.47 bits per heavy atom. The van der Waals surface area contributed by atoms with E-state index in [1.165, 1.54) is 0 Å². The van der Waals surface area contributed by atoms with Crippen LogP contribution < -0.4 is 5.32 Å². The van der Waals surface area contributed by atoms with Gasteiger partial charge in [0.15, 0.2) is 0 Å². The average molecular weight is 308 g/mol. The summed E-state index contributed by atoms with van der Waals surface area (Å²) in [5.41, 5.74) is -0.254. The van der Waals surface area contributed by atoms with Gasteiger partial charge in [0, 0.05) is 11.9 Å². The van der Waals surface area contributed by atoms with Gasteiger partial charge in [0.1, 0.15) is 6.61 Å². The third kappa shape index (κ3) is 10.8. The van der Waals surface area contributed by atoms with Crippen LogP contribution >= 0.6 is 15.9 Å². The van der Waals surface area contributed by atoms with Crippen LogP contribution in [-0.2, 0) is 9.53 Å². The van der Waals surface area contributed by atoms with Crippen LogP contribution in [0.15, 0.2) is 0 Å². The first kappa shape index (κ1) is 16.9. The number of hydrogen-bond donors (Lipinski definition) is 1. The van der Waals surface area contributed by atoms with E-state index in [0.29, 0.717) is 5.92 Å². The van der Waals surface area contributed by atoms with Crippen LogP contribution in [0.4, 0.5) is 0 Å². The van der Waals surface area contributed by atoms with Crippen molar-refractivity contribution in [2.75, 3.05) is 18.5 Å². The first-order valence-corrected chi connectivity index (χ1v) is 7.47. The van der Waals surface area contributed by atoms with Gasteiger partial charge < -0.3 is 10.1 Å². The Balaban J connectivity index is 3.79. The van der Waals surface area contributed by atoms with E-state index in [0.717, 1.165) is 31.1 Å². The monoisotopic (exact) mass is 307 g/mol. The average Bonchev–Trinajstić information content (AvgIpc) is 2.23. The summed E-state index contributed by atoms with van der Waals surface area (Å²) in [6.45, 7) is 8.93. The first-order chi connectivity index (χ1) is 7.89. The number of carbonyl (C=O) groups excluding carboxylic acids is 1. The van der Waals surface area contributed by atoms with E-state index in [2.05, 4.69) is 28.2 Å². The molecule has 0 heterocycles. The topological polar surface area (TPSA) is 38.3 Å². The Labute approximate surface area is 114 Å². The molecule has 0 fully saturated rings. The zero-order chi connectivity index (χ0) is 13.3. The van der Waals surface area contributed by atoms with Crippen molar-refractivity contribution >= 4 is 21.8 Å². The summed E-state index contributed by atoms with van der Waals surface area (Å²) >= 11 is 3.45. The highest BCUT2D eigenvalue weighted by molar-refractivity contribution is 9.09. The fourth-order valence-corrected chi connectivity index (χ4v) is 2.15. The van der Waals surface area contributed by atoms with Crippen LogP contribution in [0, 0.1) is 5.92 Å². The maximum Gasteiger partial charge on any atom is 0.246 e. The van der Waals surface area contributed by atoms with Crippen molar-refractivity contribution in [2.24, 2.45) is 5.92 Å². The smallest absolute Gasteiger partial charge is 0.246 e. The van der Waals surface area contributed by atoms with E-state index in [9.17, 15) is 4.79 Å². The van der Waals surface area contributed by atoms with Crippen molar-refractivity contribution in [3.8, 4) is 0 Å². The molecule has 1 amide bonds. The highest BCUT2D eigenvalue weighted by Crippen LogP contribution is 2.11. The molecule has 4 heteroatoms. The number of nitrogens with one attached hydrogen (secondary N) is 1. The fourth-order valence-electron chi connectivity index (χ4n) is 1.50. The maximum atomic E-state index is 11.6. The molecule has 1 unspecified atom stereocenters. The summed E-state index contributed by atoms with van der Waals surface area (Å²) in [5.74, 6) is 0.550. The summed E-state index contributed by atoms with van der Waals surface area (Å²) in [6.07, 6.45) is 3.42. The zero-order valence-electron chi connectivity index (χ0n) is 11.5. The molecule has 1 atom stereocenters. The molecule has 0 rings (SSSR count). The molecule has 0 aromatic carbocycles. The summed E-state index contributed by atoms with van der Waals surface area (Å²) in [6, 6.07) is 0. The Morgan fingerprint density at radius 1 is 1.35 bits per heavy atom. The molecular formula is C13H26BrNO2. The quantitative estimate of drug-likeness (QED) is 0.700.